The lowest BCUT2D eigenvalue weighted by molar-refractivity contribution is 0.128. The maximum atomic E-state index is 6.50. The molecule has 0 aliphatic carbocycles. The molecule has 38 valence electrons. The molecule has 1 rings (SSSR count). The number of hydrogen-bond donors (Lipinski definition) is 1. The van der Waals surface area contributed by atoms with Crippen LogP contribution in [0.2, 0.25) is 6.32 Å². The number of nitriles is 1. The summed E-state index contributed by atoms with van der Waals surface area (Å²) in [5, 5.41) is 9.22. The van der Waals surface area contributed by atoms with Gasteiger partial charge >= 0.3 is 0 Å². The van der Waals surface area contributed by atoms with Gasteiger partial charge in [0, 0.05) is 6.57 Å². The normalized spacial score (nSPS) is 16.3. The van der Waals surface area contributed by atoms with Crippen LogP contribution in [0.4, 0.5) is 0 Å². The van der Waals surface area contributed by atoms with E-state index in [0.717, 1.165) is 14.0 Å². The van der Waals surface area contributed by atoms with Crippen molar-refractivity contribution in [1.29, 1.82) is 5.26 Å². The third-order valence-corrected chi connectivity index (χ3v) is 0.627. The molecule has 0 amide bonds. The minimum Gasteiger partial charge on any atom is -0.314 e. The van der Waals surface area contributed by atoms with Gasteiger partial charge in [0.1, 0.15) is 0 Å². The molecule has 0 aromatic rings. The Kier molecular flexibility index (Phi) is 5.06. The summed E-state index contributed by atoms with van der Waals surface area (Å²) < 4.78 is 0. The molecule has 1 aliphatic rings. The van der Waals surface area contributed by atoms with E-state index in [1.54, 1.807) is 0 Å². The first kappa shape index (κ1) is 6.47. The first-order valence-corrected chi connectivity index (χ1v) is 2.10. The molecular weight excluding hydrogens is 90.9 g/mol. The lowest BCUT2D eigenvalue weighted by atomic mass is 9.94. The van der Waals surface area contributed by atoms with Crippen LogP contribution in [0.25, 0.3) is 0 Å². The van der Waals surface area contributed by atoms with Crippen molar-refractivity contribution in [3.05, 3.63) is 0 Å². The lowest BCUT2D eigenvalue weighted by Gasteiger charge is -1.80. The zero-order valence-corrected chi connectivity index (χ0v) is 4.05. The molecule has 1 heterocycles. The van der Waals surface area contributed by atoms with Crippen LogP contribution in [0.1, 0.15) is 0 Å². The van der Waals surface area contributed by atoms with Crippen molar-refractivity contribution >= 4 is 7.41 Å². The van der Waals surface area contributed by atoms with E-state index in [1.165, 1.54) is 6.32 Å². The summed E-state index contributed by atoms with van der Waals surface area (Å²) in [7, 11) is 1.03. The van der Waals surface area contributed by atoms with Gasteiger partial charge in [-0.05, 0) is 6.32 Å². The molecule has 1 aliphatic heterocycles. The van der Waals surface area contributed by atoms with Gasteiger partial charge in [0.05, 0.1) is 6.61 Å². The van der Waals surface area contributed by atoms with Gasteiger partial charge in [-0.2, -0.15) is 0 Å². The topological polar surface area (TPSA) is 45.0 Å². The predicted molar refractivity (Wildman–Crippen MR) is 27.7 cm³/mol. The molecule has 0 unspecified atom stereocenters. The second-order valence-electron chi connectivity index (χ2n) is 1.10. The van der Waals surface area contributed by atoms with E-state index >= 15 is 0 Å². The quantitative estimate of drug-likeness (QED) is 0.412. The van der Waals surface area contributed by atoms with Gasteiger partial charge in [-0.1, -0.05) is 0 Å². The molecule has 1 fully saturated rings. The van der Waals surface area contributed by atoms with E-state index in [4.69, 9.17) is 10.1 Å². The first-order valence-electron chi connectivity index (χ1n) is 2.10. The fourth-order valence-corrected chi connectivity index (χ4v) is 0.361. The first-order chi connectivity index (χ1) is 3.50. The highest BCUT2D eigenvalue weighted by Gasteiger charge is 1.96. The van der Waals surface area contributed by atoms with Gasteiger partial charge in [-0.3, -0.25) is 0 Å². The SMILES string of the molecule is B1CCON1.C#N. The minimum atomic E-state index is 0.889. The van der Waals surface area contributed by atoms with Crippen molar-refractivity contribution in [3.8, 4) is 6.57 Å². The Hall–Kier alpha value is -0.525. The number of rotatable bonds is 0. The summed E-state index contributed by atoms with van der Waals surface area (Å²) in [6, 6.07) is 0. The van der Waals surface area contributed by atoms with Crippen LogP contribution < -0.4 is 5.39 Å². The largest absolute Gasteiger partial charge is 0.314 e. The molecule has 0 saturated carbocycles. The summed E-state index contributed by atoms with van der Waals surface area (Å²) >= 11 is 0. The van der Waals surface area contributed by atoms with E-state index in [1.807, 2.05) is 0 Å². The van der Waals surface area contributed by atoms with E-state index < -0.39 is 0 Å². The molecule has 7 heavy (non-hydrogen) atoms. The molecule has 1 N–H and O–H groups in total. The molecule has 0 bridgehead atoms. The van der Waals surface area contributed by atoms with Crippen LogP contribution in [-0.2, 0) is 4.84 Å². The molecule has 0 radical (unpaired) electrons. The smallest absolute Gasteiger partial charge is 0.236 e. The van der Waals surface area contributed by atoms with Crippen LogP contribution in [0.3, 0.4) is 0 Å². The Bertz CT molecular complexity index is 44.5. The van der Waals surface area contributed by atoms with Crippen molar-refractivity contribution in [1.82, 2.24) is 5.39 Å². The number of hydrogen-bond acceptors (Lipinski definition) is 3. The van der Waals surface area contributed by atoms with Gasteiger partial charge in [-0.15, -0.1) is 0 Å². The molecule has 0 aromatic carbocycles. The van der Waals surface area contributed by atoms with Crippen molar-refractivity contribution in [2.75, 3.05) is 6.61 Å². The fourth-order valence-electron chi connectivity index (χ4n) is 0.361. The average Bonchev–Trinajstić information content (AvgIpc) is 2.23. The second-order valence-corrected chi connectivity index (χ2v) is 1.10. The van der Waals surface area contributed by atoms with E-state index in [2.05, 4.69) is 12.0 Å². The van der Waals surface area contributed by atoms with Crippen molar-refractivity contribution < 1.29 is 4.84 Å². The summed E-state index contributed by atoms with van der Waals surface area (Å²) in [6.07, 6.45) is 1.17. The van der Waals surface area contributed by atoms with Gasteiger partial charge in [0.2, 0.25) is 7.41 Å². The highest BCUT2D eigenvalue weighted by molar-refractivity contribution is 6.32. The average molecular weight is 97.9 g/mol. The van der Waals surface area contributed by atoms with Crippen LogP contribution in [0.15, 0.2) is 0 Å². The van der Waals surface area contributed by atoms with Gasteiger partial charge < -0.3 is 4.84 Å². The van der Waals surface area contributed by atoms with Crippen molar-refractivity contribution in [2.45, 2.75) is 6.32 Å². The van der Waals surface area contributed by atoms with Crippen LogP contribution in [0.5, 0.6) is 0 Å². The van der Waals surface area contributed by atoms with Crippen molar-refractivity contribution in [3.63, 3.8) is 0 Å². The third-order valence-electron chi connectivity index (χ3n) is 0.627. The molecule has 3 nitrogen and oxygen atoms in total. The Morgan fingerprint density at radius 1 is 1.71 bits per heavy atom. The highest BCUT2D eigenvalue weighted by Crippen LogP contribution is 1.82. The Balaban J connectivity index is 0.000000162. The fraction of sp³-hybridized carbons (Fsp3) is 0.667. The van der Waals surface area contributed by atoms with E-state index in [0.29, 0.717) is 0 Å². The molecule has 4 heteroatoms. The zero-order chi connectivity index (χ0) is 5.54. The Labute approximate surface area is 43.5 Å². The monoisotopic (exact) mass is 98.1 g/mol. The summed E-state index contributed by atoms with van der Waals surface area (Å²) in [4.78, 5) is 4.69. The van der Waals surface area contributed by atoms with Crippen LogP contribution >= 0.6 is 0 Å². The molecule has 1 saturated heterocycles. The Morgan fingerprint density at radius 2 is 2.43 bits per heavy atom. The molecular formula is C3H7BN2O. The standard InChI is InChI=1S/C2H6BNO.CHN/c1-2-5-4-3-1;1-2/h3-4H,1-2H2;1H. The second kappa shape index (κ2) is 5.47. The maximum Gasteiger partial charge on any atom is 0.236 e. The van der Waals surface area contributed by atoms with Crippen LogP contribution in [-0.4, -0.2) is 14.0 Å². The highest BCUT2D eigenvalue weighted by atomic mass is 16.6. The van der Waals surface area contributed by atoms with Gasteiger partial charge in [0.25, 0.3) is 0 Å². The van der Waals surface area contributed by atoms with Gasteiger partial charge in [0.15, 0.2) is 0 Å². The van der Waals surface area contributed by atoms with E-state index in [-0.39, 0.29) is 0 Å². The van der Waals surface area contributed by atoms with Crippen molar-refractivity contribution in [2.24, 2.45) is 0 Å². The van der Waals surface area contributed by atoms with Crippen LogP contribution in [0, 0.1) is 11.8 Å². The van der Waals surface area contributed by atoms with E-state index in [9.17, 15) is 0 Å². The summed E-state index contributed by atoms with van der Waals surface area (Å²) in [6.45, 7) is 4.39. The summed E-state index contributed by atoms with van der Waals surface area (Å²) in [5.41, 5.74) is 0. The minimum absolute atomic E-state index is 0.889. The third kappa shape index (κ3) is 3.30. The zero-order valence-electron chi connectivity index (χ0n) is 4.05. The molecule has 0 atom stereocenters. The lowest BCUT2D eigenvalue weighted by Crippen LogP contribution is -2.05. The number of nitrogens with zero attached hydrogens (tertiary/aromatic N) is 1. The van der Waals surface area contributed by atoms with Gasteiger partial charge in [-0.25, -0.2) is 10.7 Å². The molecule has 0 spiro atoms. The molecule has 0 aromatic heterocycles. The predicted octanol–water partition coefficient (Wildman–Crippen LogP) is -0.569. The maximum absolute atomic E-state index is 6.50. The summed E-state index contributed by atoms with van der Waals surface area (Å²) in [5.74, 6) is 0. The Morgan fingerprint density at radius 3 is 2.57 bits per heavy atom. The number of nitrogens with one attached hydrogen (secondary N) is 1.